The maximum absolute atomic E-state index is 6.12. The molecule has 0 aromatic carbocycles. The molecule has 0 saturated heterocycles. The van der Waals surface area contributed by atoms with Crippen LogP contribution in [0.2, 0.25) is 0 Å². The quantitative estimate of drug-likeness (QED) is 0.827. The molecule has 1 heterocycles. The van der Waals surface area contributed by atoms with Crippen LogP contribution in [0.5, 0.6) is 5.75 Å². The minimum Gasteiger partial charge on any atom is -0.487 e. The number of rotatable bonds is 5. The maximum Gasteiger partial charge on any atom is 0.168 e. The van der Waals surface area contributed by atoms with E-state index in [1.807, 2.05) is 26.0 Å². The van der Waals surface area contributed by atoms with E-state index in [2.05, 4.69) is 10.3 Å². The van der Waals surface area contributed by atoms with E-state index in [1.165, 1.54) is 6.42 Å². The number of alkyl halides is 1. The molecule has 2 atom stereocenters. The van der Waals surface area contributed by atoms with Gasteiger partial charge in [0.25, 0.3) is 0 Å². The predicted molar refractivity (Wildman–Crippen MR) is 75.5 cm³/mol. The number of ether oxygens (including phenoxy) is 1. The minimum atomic E-state index is 0.161. The molecule has 100 valence electrons. The summed E-state index contributed by atoms with van der Waals surface area (Å²) in [6.07, 6.45) is 5.38. The molecular weight excluding hydrogens is 248 g/mol. The molecule has 0 radical (unpaired) electrons. The number of nitrogens with zero attached hydrogens (tertiary/aromatic N) is 1. The number of hydrogen-bond donors (Lipinski definition) is 1. The van der Waals surface area contributed by atoms with Gasteiger partial charge in [0.05, 0.1) is 6.10 Å². The van der Waals surface area contributed by atoms with Gasteiger partial charge in [-0.15, -0.1) is 11.6 Å². The Morgan fingerprint density at radius 3 is 3.00 bits per heavy atom. The van der Waals surface area contributed by atoms with Gasteiger partial charge in [-0.3, -0.25) is 0 Å². The molecule has 0 aliphatic heterocycles. The van der Waals surface area contributed by atoms with Crippen molar-refractivity contribution in [2.24, 2.45) is 5.92 Å². The first kappa shape index (κ1) is 13.5. The van der Waals surface area contributed by atoms with Crippen LogP contribution in [0.3, 0.4) is 0 Å². The highest BCUT2D eigenvalue weighted by Crippen LogP contribution is 2.30. The Kier molecular flexibility index (Phi) is 4.70. The van der Waals surface area contributed by atoms with E-state index in [-0.39, 0.29) is 6.10 Å². The smallest absolute Gasteiger partial charge is 0.168 e. The van der Waals surface area contributed by atoms with Crippen LogP contribution in [-0.2, 0) is 0 Å². The van der Waals surface area contributed by atoms with Gasteiger partial charge in [-0.05, 0) is 51.2 Å². The van der Waals surface area contributed by atoms with E-state index in [1.54, 1.807) is 6.20 Å². The fourth-order valence-electron chi connectivity index (χ4n) is 2.31. The highest BCUT2D eigenvalue weighted by molar-refractivity contribution is 6.20. The van der Waals surface area contributed by atoms with Crippen LogP contribution in [0.4, 0.5) is 5.82 Å². The second kappa shape index (κ2) is 6.28. The van der Waals surface area contributed by atoms with E-state index in [4.69, 9.17) is 16.3 Å². The third-order valence-corrected chi connectivity index (χ3v) is 3.57. The standard InChI is InChI=1S/C14H21ClN2O/c1-10(2)18-13-4-3-7-16-14(13)17-9-11-5-6-12(15)8-11/h3-4,7,10-12H,5-6,8-9H2,1-2H3,(H,16,17). The summed E-state index contributed by atoms with van der Waals surface area (Å²) in [5.74, 6) is 2.32. The Morgan fingerprint density at radius 1 is 1.50 bits per heavy atom. The van der Waals surface area contributed by atoms with Crippen molar-refractivity contribution in [1.82, 2.24) is 4.98 Å². The van der Waals surface area contributed by atoms with Crippen molar-refractivity contribution in [3.63, 3.8) is 0 Å². The molecular formula is C14H21ClN2O. The van der Waals surface area contributed by atoms with Crippen molar-refractivity contribution < 1.29 is 4.74 Å². The van der Waals surface area contributed by atoms with Crippen LogP contribution in [0.25, 0.3) is 0 Å². The van der Waals surface area contributed by atoms with Crippen LogP contribution in [0.15, 0.2) is 18.3 Å². The molecule has 0 amide bonds. The largest absolute Gasteiger partial charge is 0.487 e. The average Bonchev–Trinajstić information content (AvgIpc) is 2.73. The van der Waals surface area contributed by atoms with Crippen molar-refractivity contribution >= 4 is 17.4 Å². The van der Waals surface area contributed by atoms with E-state index in [0.29, 0.717) is 11.3 Å². The van der Waals surface area contributed by atoms with E-state index in [0.717, 1.165) is 31.0 Å². The van der Waals surface area contributed by atoms with Crippen LogP contribution in [0, 0.1) is 5.92 Å². The summed E-state index contributed by atoms with van der Waals surface area (Å²) in [7, 11) is 0. The summed E-state index contributed by atoms with van der Waals surface area (Å²) in [6.45, 7) is 4.96. The third-order valence-electron chi connectivity index (χ3n) is 3.17. The van der Waals surface area contributed by atoms with Crippen LogP contribution < -0.4 is 10.1 Å². The second-order valence-corrected chi connectivity index (χ2v) is 5.79. The number of pyridine rings is 1. The summed E-state index contributed by atoms with van der Waals surface area (Å²) in [5.41, 5.74) is 0. The summed E-state index contributed by atoms with van der Waals surface area (Å²) >= 11 is 6.12. The molecule has 0 bridgehead atoms. The Bertz CT molecular complexity index is 384. The number of aromatic nitrogens is 1. The molecule has 4 heteroatoms. The van der Waals surface area contributed by atoms with Gasteiger partial charge in [0.15, 0.2) is 11.6 Å². The zero-order valence-corrected chi connectivity index (χ0v) is 11.8. The van der Waals surface area contributed by atoms with Crippen molar-refractivity contribution in [2.75, 3.05) is 11.9 Å². The van der Waals surface area contributed by atoms with Crippen molar-refractivity contribution in [1.29, 1.82) is 0 Å². The molecule has 1 aliphatic rings. The zero-order chi connectivity index (χ0) is 13.0. The van der Waals surface area contributed by atoms with Gasteiger partial charge >= 0.3 is 0 Å². The topological polar surface area (TPSA) is 34.1 Å². The first-order valence-electron chi connectivity index (χ1n) is 6.64. The van der Waals surface area contributed by atoms with Gasteiger partial charge < -0.3 is 10.1 Å². The Morgan fingerprint density at radius 2 is 2.33 bits per heavy atom. The highest BCUT2D eigenvalue weighted by atomic mass is 35.5. The fourth-order valence-corrected chi connectivity index (χ4v) is 2.69. The number of hydrogen-bond acceptors (Lipinski definition) is 3. The first-order valence-corrected chi connectivity index (χ1v) is 7.08. The Labute approximate surface area is 114 Å². The summed E-state index contributed by atoms with van der Waals surface area (Å²) in [6, 6.07) is 3.85. The van der Waals surface area contributed by atoms with Crippen LogP contribution in [-0.4, -0.2) is 23.0 Å². The van der Waals surface area contributed by atoms with Crippen molar-refractivity contribution in [3.05, 3.63) is 18.3 Å². The Balaban J connectivity index is 1.92. The molecule has 1 saturated carbocycles. The lowest BCUT2D eigenvalue weighted by Gasteiger charge is -2.16. The maximum atomic E-state index is 6.12. The first-order chi connectivity index (χ1) is 8.65. The highest BCUT2D eigenvalue weighted by Gasteiger charge is 2.22. The minimum absolute atomic E-state index is 0.161. The van der Waals surface area contributed by atoms with Gasteiger partial charge in [-0.25, -0.2) is 4.98 Å². The molecule has 2 unspecified atom stereocenters. The van der Waals surface area contributed by atoms with Gasteiger partial charge in [0.1, 0.15) is 0 Å². The third kappa shape index (κ3) is 3.77. The zero-order valence-electron chi connectivity index (χ0n) is 11.0. The molecule has 1 fully saturated rings. The predicted octanol–water partition coefficient (Wildman–Crippen LogP) is 3.69. The lowest BCUT2D eigenvalue weighted by atomic mass is 10.1. The van der Waals surface area contributed by atoms with Gasteiger partial charge in [-0.1, -0.05) is 0 Å². The normalized spacial score (nSPS) is 23.3. The molecule has 1 aliphatic carbocycles. The second-order valence-electron chi connectivity index (χ2n) is 5.17. The Hall–Kier alpha value is -0.960. The lowest BCUT2D eigenvalue weighted by molar-refractivity contribution is 0.243. The SMILES string of the molecule is CC(C)Oc1cccnc1NCC1CCC(Cl)C1. The molecule has 1 aromatic heterocycles. The van der Waals surface area contributed by atoms with E-state index in [9.17, 15) is 0 Å². The monoisotopic (exact) mass is 268 g/mol. The summed E-state index contributed by atoms with van der Waals surface area (Å²) in [4.78, 5) is 4.34. The van der Waals surface area contributed by atoms with Gasteiger partial charge in [0, 0.05) is 18.1 Å². The number of nitrogens with one attached hydrogen (secondary N) is 1. The van der Waals surface area contributed by atoms with Gasteiger partial charge in [-0.2, -0.15) is 0 Å². The van der Waals surface area contributed by atoms with Gasteiger partial charge in [0.2, 0.25) is 0 Å². The van der Waals surface area contributed by atoms with Crippen LogP contribution >= 0.6 is 11.6 Å². The number of anilines is 1. The summed E-state index contributed by atoms with van der Waals surface area (Å²) < 4.78 is 5.73. The fraction of sp³-hybridized carbons (Fsp3) is 0.643. The average molecular weight is 269 g/mol. The van der Waals surface area contributed by atoms with E-state index >= 15 is 0 Å². The molecule has 1 aromatic rings. The lowest BCUT2D eigenvalue weighted by Crippen LogP contribution is -2.15. The molecule has 3 nitrogen and oxygen atoms in total. The van der Waals surface area contributed by atoms with Crippen molar-refractivity contribution in [2.45, 2.75) is 44.6 Å². The number of halogens is 1. The van der Waals surface area contributed by atoms with E-state index < -0.39 is 0 Å². The molecule has 1 N–H and O–H groups in total. The van der Waals surface area contributed by atoms with Crippen LogP contribution in [0.1, 0.15) is 33.1 Å². The molecule has 18 heavy (non-hydrogen) atoms. The molecule has 0 spiro atoms. The molecule has 2 rings (SSSR count). The summed E-state index contributed by atoms with van der Waals surface area (Å²) in [5, 5.41) is 3.74. The van der Waals surface area contributed by atoms with Crippen molar-refractivity contribution in [3.8, 4) is 5.75 Å².